The summed E-state index contributed by atoms with van der Waals surface area (Å²) < 4.78 is 25.5. The Labute approximate surface area is 116 Å². The Morgan fingerprint density at radius 1 is 0.900 bits per heavy atom. The molecule has 0 aromatic rings. The zero-order valence-corrected chi connectivity index (χ0v) is 11.8. The van der Waals surface area contributed by atoms with Crippen LogP contribution in [0.3, 0.4) is 0 Å². The summed E-state index contributed by atoms with van der Waals surface area (Å²) in [6.45, 7) is 3.59. The van der Waals surface area contributed by atoms with Crippen LogP contribution in [0.15, 0.2) is 0 Å². The van der Waals surface area contributed by atoms with Crippen molar-refractivity contribution in [3.63, 3.8) is 0 Å². The fraction of sp³-hybridized carbons (Fsp3) is 0.750. The maximum Gasteiger partial charge on any atom is 0.303 e. The molecular formula is C12H18O8. The van der Waals surface area contributed by atoms with Crippen LogP contribution in [0.4, 0.5) is 0 Å². The van der Waals surface area contributed by atoms with Crippen molar-refractivity contribution in [3.8, 4) is 0 Å². The van der Waals surface area contributed by atoms with E-state index in [1.807, 2.05) is 0 Å². The molecule has 0 N–H and O–H groups in total. The minimum Gasteiger partial charge on any atom is -0.456 e. The summed E-state index contributed by atoms with van der Waals surface area (Å²) in [5, 5.41) is 0. The van der Waals surface area contributed by atoms with Crippen molar-refractivity contribution in [1.29, 1.82) is 0 Å². The molecule has 1 heterocycles. The van der Waals surface area contributed by atoms with Gasteiger partial charge < -0.3 is 23.7 Å². The fourth-order valence-corrected chi connectivity index (χ4v) is 1.91. The third-order valence-electron chi connectivity index (χ3n) is 2.54. The van der Waals surface area contributed by atoms with Gasteiger partial charge >= 0.3 is 17.9 Å². The van der Waals surface area contributed by atoms with Crippen LogP contribution in [0.25, 0.3) is 0 Å². The van der Waals surface area contributed by atoms with E-state index < -0.39 is 42.5 Å². The van der Waals surface area contributed by atoms with Crippen LogP contribution in [0.5, 0.6) is 0 Å². The van der Waals surface area contributed by atoms with Gasteiger partial charge in [-0.05, 0) is 0 Å². The summed E-state index contributed by atoms with van der Waals surface area (Å²) in [7, 11) is 1.36. The van der Waals surface area contributed by atoms with Crippen molar-refractivity contribution in [2.75, 3.05) is 13.7 Å². The summed E-state index contributed by atoms with van der Waals surface area (Å²) in [5.74, 6) is -1.75. The van der Waals surface area contributed by atoms with E-state index in [2.05, 4.69) is 0 Å². The second-order valence-corrected chi connectivity index (χ2v) is 4.23. The monoisotopic (exact) mass is 290 g/mol. The first-order chi connectivity index (χ1) is 9.35. The molecule has 0 aromatic carbocycles. The van der Waals surface area contributed by atoms with E-state index in [4.69, 9.17) is 23.7 Å². The first-order valence-electron chi connectivity index (χ1n) is 6.01. The van der Waals surface area contributed by atoms with Crippen molar-refractivity contribution in [1.82, 2.24) is 0 Å². The van der Waals surface area contributed by atoms with Gasteiger partial charge in [0, 0.05) is 27.9 Å². The highest BCUT2D eigenvalue weighted by atomic mass is 16.7. The van der Waals surface area contributed by atoms with E-state index in [9.17, 15) is 14.4 Å². The van der Waals surface area contributed by atoms with Crippen LogP contribution < -0.4 is 0 Å². The van der Waals surface area contributed by atoms with Crippen LogP contribution in [0.2, 0.25) is 0 Å². The van der Waals surface area contributed by atoms with Gasteiger partial charge in [-0.25, -0.2) is 0 Å². The molecule has 1 saturated heterocycles. The van der Waals surface area contributed by atoms with Gasteiger partial charge in [0.15, 0.2) is 24.6 Å². The normalized spacial score (nSPS) is 29.4. The molecular weight excluding hydrogens is 272 g/mol. The molecule has 20 heavy (non-hydrogen) atoms. The number of hydrogen-bond donors (Lipinski definition) is 0. The standard InChI is InChI=1S/C12H18O8/c1-6(13)18-9-5-17-12(16-4)11(20-8(3)15)10(9)19-7(2)14/h9-12H,5H2,1-4H3/t9-,10+,11+,12?/m1/s1. The van der Waals surface area contributed by atoms with E-state index in [0.717, 1.165) is 0 Å². The van der Waals surface area contributed by atoms with Crippen LogP contribution in [-0.4, -0.2) is 56.2 Å². The zero-order valence-electron chi connectivity index (χ0n) is 11.8. The van der Waals surface area contributed by atoms with E-state index >= 15 is 0 Å². The third-order valence-corrected chi connectivity index (χ3v) is 2.54. The van der Waals surface area contributed by atoms with Crippen molar-refractivity contribution >= 4 is 17.9 Å². The first kappa shape index (κ1) is 16.4. The van der Waals surface area contributed by atoms with Gasteiger partial charge in [0.1, 0.15) is 0 Å². The van der Waals surface area contributed by atoms with E-state index in [0.29, 0.717) is 0 Å². The maximum atomic E-state index is 11.2. The Kier molecular flexibility index (Phi) is 5.90. The Hall–Kier alpha value is -1.67. The highest BCUT2D eigenvalue weighted by Crippen LogP contribution is 2.24. The molecule has 0 amide bonds. The number of methoxy groups -OCH3 is 1. The van der Waals surface area contributed by atoms with E-state index in [1.165, 1.54) is 27.9 Å². The fourth-order valence-electron chi connectivity index (χ4n) is 1.91. The molecule has 8 heteroatoms. The lowest BCUT2D eigenvalue weighted by atomic mass is 10.0. The molecule has 0 spiro atoms. The number of rotatable bonds is 4. The minimum atomic E-state index is -1.01. The summed E-state index contributed by atoms with van der Waals surface area (Å²) in [6.07, 6.45) is -3.78. The minimum absolute atomic E-state index is 0.0339. The van der Waals surface area contributed by atoms with Crippen molar-refractivity contribution in [2.45, 2.75) is 45.4 Å². The maximum absolute atomic E-state index is 11.2. The molecule has 1 rings (SSSR count). The number of ether oxygens (including phenoxy) is 5. The molecule has 0 bridgehead atoms. The average Bonchev–Trinajstić information content (AvgIpc) is 2.31. The number of esters is 3. The van der Waals surface area contributed by atoms with Crippen molar-refractivity contribution < 1.29 is 38.1 Å². The number of hydrogen-bond acceptors (Lipinski definition) is 8. The second-order valence-electron chi connectivity index (χ2n) is 4.23. The first-order valence-corrected chi connectivity index (χ1v) is 6.01. The highest BCUT2D eigenvalue weighted by molar-refractivity contribution is 5.68. The largest absolute Gasteiger partial charge is 0.456 e. The van der Waals surface area contributed by atoms with Gasteiger partial charge in [0.2, 0.25) is 0 Å². The smallest absolute Gasteiger partial charge is 0.303 e. The number of carbonyl (C=O) groups excluding carboxylic acids is 3. The van der Waals surface area contributed by atoms with E-state index in [1.54, 1.807) is 0 Å². The van der Waals surface area contributed by atoms with Crippen LogP contribution in [0.1, 0.15) is 20.8 Å². The third kappa shape index (κ3) is 4.46. The molecule has 0 saturated carbocycles. The summed E-state index contributed by atoms with van der Waals surface area (Å²) in [6, 6.07) is 0. The summed E-state index contributed by atoms with van der Waals surface area (Å²) >= 11 is 0. The molecule has 4 atom stereocenters. The van der Waals surface area contributed by atoms with E-state index in [-0.39, 0.29) is 6.61 Å². The van der Waals surface area contributed by atoms with Crippen LogP contribution >= 0.6 is 0 Å². The van der Waals surface area contributed by atoms with Crippen molar-refractivity contribution in [3.05, 3.63) is 0 Å². The quantitative estimate of drug-likeness (QED) is 0.518. The van der Waals surface area contributed by atoms with Gasteiger partial charge in [0.25, 0.3) is 0 Å². The highest BCUT2D eigenvalue weighted by Gasteiger charge is 2.47. The lowest BCUT2D eigenvalue weighted by molar-refractivity contribution is -0.274. The molecule has 8 nitrogen and oxygen atoms in total. The van der Waals surface area contributed by atoms with Gasteiger partial charge in [-0.15, -0.1) is 0 Å². The molecule has 0 aliphatic carbocycles. The van der Waals surface area contributed by atoms with Gasteiger partial charge in [-0.2, -0.15) is 0 Å². The zero-order chi connectivity index (χ0) is 15.3. The topological polar surface area (TPSA) is 97.4 Å². The Morgan fingerprint density at radius 2 is 1.40 bits per heavy atom. The summed E-state index contributed by atoms with van der Waals surface area (Å²) in [5.41, 5.74) is 0. The molecule has 1 aliphatic rings. The Bertz CT molecular complexity index is 380. The van der Waals surface area contributed by atoms with Gasteiger partial charge in [0.05, 0.1) is 6.61 Å². The molecule has 114 valence electrons. The Balaban J connectivity index is 2.95. The van der Waals surface area contributed by atoms with Crippen LogP contribution in [0, 0.1) is 0 Å². The Morgan fingerprint density at radius 3 is 1.85 bits per heavy atom. The lowest BCUT2D eigenvalue weighted by Gasteiger charge is -2.39. The average molecular weight is 290 g/mol. The SMILES string of the molecule is COC1OC[C@@H](OC(C)=O)[C@H](OC(C)=O)[C@@H]1OC(C)=O. The summed E-state index contributed by atoms with van der Waals surface area (Å²) in [4.78, 5) is 33.4. The van der Waals surface area contributed by atoms with Crippen molar-refractivity contribution in [2.24, 2.45) is 0 Å². The van der Waals surface area contributed by atoms with Gasteiger partial charge in [-0.1, -0.05) is 0 Å². The molecule has 0 aromatic heterocycles. The molecule has 0 radical (unpaired) electrons. The molecule has 1 aliphatic heterocycles. The molecule has 1 fully saturated rings. The predicted molar refractivity (Wildman–Crippen MR) is 63.4 cm³/mol. The number of carbonyl (C=O) groups is 3. The predicted octanol–water partition coefficient (Wildman–Crippen LogP) is -0.216. The lowest BCUT2D eigenvalue weighted by Crippen LogP contribution is -2.57. The molecule has 1 unspecified atom stereocenters. The second kappa shape index (κ2) is 7.20. The van der Waals surface area contributed by atoms with Gasteiger partial charge in [-0.3, -0.25) is 14.4 Å². The van der Waals surface area contributed by atoms with Crippen LogP contribution in [-0.2, 0) is 38.1 Å².